The first kappa shape index (κ1) is 20.0. The molecular weight excluding hydrogens is 361 g/mol. The molecule has 2 aromatic carbocycles. The summed E-state index contributed by atoms with van der Waals surface area (Å²) in [6.07, 6.45) is 1.32. The lowest BCUT2D eigenvalue weighted by molar-refractivity contribution is -0.116. The van der Waals surface area contributed by atoms with Crippen LogP contribution in [0.5, 0.6) is 5.75 Å². The van der Waals surface area contributed by atoms with Gasteiger partial charge in [0.1, 0.15) is 18.2 Å². The van der Waals surface area contributed by atoms with E-state index in [1.807, 2.05) is 24.3 Å². The van der Waals surface area contributed by atoms with Crippen LogP contribution in [0.4, 0.5) is 10.1 Å². The van der Waals surface area contributed by atoms with Gasteiger partial charge in [0.25, 0.3) is 0 Å². The summed E-state index contributed by atoms with van der Waals surface area (Å²) in [5, 5.41) is 0. The smallest absolute Gasteiger partial charge is 0.223 e. The SMILES string of the molecule is CC(=O)N(C)c1ccc(COc2cc(F)cc(C(=O)C3CCOCC3)c2)cc1. The molecule has 28 heavy (non-hydrogen) atoms. The minimum Gasteiger partial charge on any atom is -0.489 e. The second-order valence-electron chi connectivity index (χ2n) is 6.96. The van der Waals surface area contributed by atoms with Crippen LogP contribution in [0.25, 0.3) is 0 Å². The second-order valence-corrected chi connectivity index (χ2v) is 6.96. The number of hydrogen-bond donors (Lipinski definition) is 0. The first-order valence-electron chi connectivity index (χ1n) is 9.32. The zero-order valence-corrected chi connectivity index (χ0v) is 16.1. The van der Waals surface area contributed by atoms with Gasteiger partial charge in [0, 0.05) is 50.4 Å². The van der Waals surface area contributed by atoms with Crippen LogP contribution in [-0.4, -0.2) is 32.0 Å². The molecule has 1 heterocycles. The number of carbonyl (C=O) groups is 2. The molecule has 0 saturated carbocycles. The summed E-state index contributed by atoms with van der Waals surface area (Å²) in [5.41, 5.74) is 1.99. The van der Waals surface area contributed by atoms with Crippen molar-refractivity contribution in [2.75, 3.05) is 25.2 Å². The predicted molar refractivity (Wildman–Crippen MR) is 104 cm³/mol. The molecule has 0 spiro atoms. The van der Waals surface area contributed by atoms with E-state index >= 15 is 0 Å². The molecule has 1 aliphatic rings. The second kappa shape index (κ2) is 8.97. The zero-order chi connectivity index (χ0) is 20.1. The Labute approximate surface area is 164 Å². The number of carbonyl (C=O) groups excluding carboxylic acids is 2. The first-order chi connectivity index (χ1) is 13.4. The normalized spacial score (nSPS) is 14.5. The van der Waals surface area contributed by atoms with Gasteiger partial charge in [-0.1, -0.05) is 12.1 Å². The first-order valence-corrected chi connectivity index (χ1v) is 9.32. The molecule has 0 aliphatic carbocycles. The quantitative estimate of drug-likeness (QED) is 0.706. The van der Waals surface area contributed by atoms with Crippen molar-refractivity contribution in [3.05, 3.63) is 59.4 Å². The maximum absolute atomic E-state index is 14.0. The van der Waals surface area contributed by atoms with Crippen molar-refractivity contribution in [3.8, 4) is 5.75 Å². The summed E-state index contributed by atoms with van der Waals surface area (Å²) >= 11 is 0. The molecule has 0 atom stereocenters. The fourth-order valence-corrected chi connectivity index (χ4v) is 3.15. The lowest BCUT2D eigenvalue weighted by atomic mass is 9.91. The van der Waals surface area contributed by atoms with Gasteiger partial charge in [0.2, 0.25) is 5.91 Å². The van der Waals surface area contributed by atoms with E-state index in [4.69, 9.17) is 9.47 Å². The third-order valence-corrected chi connectivity index (χ3v) is 4.95. The number of rotatable bonds is 6. The molecule has 6 heteroatoms. The largest absolute Gasteiger partial charge is 0.489 e. The van der Waals surface area contributed by atoms with Crippen molar-refractivity contribution in [1.82, 2.24) is 0 Å². The van der Waals surface area contributed by atoms with E-state index in [1.54, 1.807) is 18.0 Å². The topological polar surface area (TPSA) is 55.8 Å². The lowest BCUT2D eigenvalue weighted by Gasteiger charge is -2.21. The van der Waals surface area contributed by atoms with Gasteiger partial charge >= 0.3 is 0 Å². The number of nitrogens with zero attached hydrogens (tertiary/aromatic N) is 1. The van der Waals surface area contributed by atoms with Gasteiger partial charge < -0.3 is 14.4 Å². The van der Waals surface area contributed by atoms with Crippen molar-refractivity contribution in [2.45, 2.75) is 26.4 Å². The maximum Gasteiger partial charge on any atom is 0.223 e. The molecule has 0 aromatic heterocycles. The monoisotopic (exact) mass is 385 g/mol. The van der Waals surface area contributed by atoms with Crippen LogP contribution in [0, 0.1) is 11.7 Å². The molecule has 3 rings (SSSR count). The average Bonchev–Trinajstić information content (AvgIpc) is 2.71. The van der Waals surface area contributed by atoms with E-state index in [-0.39, 0.29) is 24.2 Å². The Kier molecular flexibility index (Phi) is 6.41. The summed E-state index contributed by atoms with van der Waals surface area (Å²) in [6.45, 7) is 2.85. The van der Waals surface area contributed by atoms with Crippen LogP contribution in [0.3, 0.4) is 0 Å². The molecule has 0 N–H and O–H groups in total. The van der Waals surface area contributed by atoms with Crippen molar-refractivity contribution >= 4 is 17.4 Å². The number of ketones is 1. The van der Waals surface area contributed by atoms with Gasteiger partial charge in [-0.25, -0.2) is 4.39 Å². The Bertz CT molecular complexity index is 844. The third kappa shape index (κ3) is 4.95. The molecule has 2 aromatic rings. The number of Topliss-reactive ketones (excluding diaryl/α,β-unsaturated/α-hetero) is 1. The summed E-state index contributed by atoms with van der Waals surface area (Å²) in [4.78, 5) is 25.6. The molecule has 0 unspecified atom stereocenters. The van der Waals surface area contributed by atoms with E-state index in [1.165, 1.54) is 19.1 Å². The van der Waals surface area contributed by atoms with Crippen LogP contribution in [0.2, 0.25) is 0 Å². The van der Waals surface area contributed by atoms with Crippen LogP contribution in [0.1, 0.15) is 35.7 Å². The van der Waals surface area contributed by atoms with Gasteiger partial charge in [-0.15, -0.1) is 0 Å². The van der Waals surface area contributed by atoms with Crippen molar-refractivity contribution in [2.24, 2.45) is 5.92 Å². The van der Waals surface area contributed by atoms with Gasteiger partial charge in [-0.3, -0.25) is 9.59 Å². The van der Waals surface area contributed by atoms with Crippen molar-refractivity contribution in [1.29, 1.82) is 0 Å². The highest BCUT2D eigenvalue weighted by atomic mass is 19.1. The molecule has 1 saturated heterocycles. The number of benzene rings is 2. The molecular formula is C22H24FNO4. The minimum atomic E-state index is -0.494. The van der Waals surface area contributed by atoms with E-state index in [0.717, 1.165) is 11.3 Å². The van der Waals surface area contributed by atoms with E-state index in [2.05, 4.69) is 0 Å². The Morgan fingerprint density at radius 2 is 1.82 bits per heavy atom. The number of anilines is 1. The Morgan fingerprint density at radius 3 is 2.46 bits per heavy atom. The standard InChI is InChI=1S/C22H24FNO4/c1-15(25)24(2)20-5-3-16(4-6-20)14-28-21-12-18(11-19(23)13-21)22(26)17-7-9-27-10-8-17/h3-6,11-13,17H,7-10,14H2,1-2H3. The Balaban J connectivity index is 1.66. The number of ether oxygens (including phenoxy) is 2. The lowest BCUT2D eigenvalue weighted by Crippen LogP contribution is -2.23. The highest BCUT2D eigenvalue weighted by molar-refractivity contribution is 5.98. The van der Waals surface area contributed by atoms with Gasteiger partial charge in [-0.2, -0.15) is 0 Å². The van der Waals surface area contributed by atoms with Gasteiger partial charge in [0.05, 0.1) is 0 Å². The number of amides is 1. The Hall–Kier alpha value is -2.73. The minimum absolute atomic E-state index is 0.0505. The molecule has 0 bridgehead atoms. The van der Waals surface area contributed by atoms with E-state index in [0.29, 0.717) is 37.4 Å². The van der Waals surface area contributed by atoms with Crippen molar-refractivity contribution in [3.63, 3.8) is 0 Å². The third-order valence-electron chi connectivity index (χ3n) is 4.95. The van der Waals surface area contributed by atoms with Crippen LogP contribution in [0.15, 0.2) is 42.5 Å². The number of halogens is 1. The average molecular weight is 385 g/mol. The summed E-state index contributed by atoms with van der Waals surface area (Å²) in [7, 11) is 1.71. The van der Waals surface area contributed by atoms with Gasteiger partial charge in [0.15, 0.2) is 5.78 Å². The van der Waals surface area contributed by atoms with Gasteiger partial charge in [-0.05, 0) is 42.7 Å². The summed E-state index contributed by atoms with van der Waals surface area (Å²) in [5.74, 6) is -0.421. The molecule has 5 nitrogen and oxygen atoms in total. The van der Waals surface area contributed by atoms with Crippen molar-refractivity contribution < 1.29 is 23.5 Å². The van der Waals surface area contributed by atoms with Crippen LogP contribution in [-0.2, 0) is 16.1 Å². The summed E-state index contributed by atoms with van der Waals surface area (Å²) < 4.78 is 25.0. The zero-order valence-electron chi connectivity index (χ0n) is 16.1. The van der Waals surface area contributed by atoms with Crippen LogP contribution >= 0.6 is 0 Å². The molecule has 1 aliphatic heterocycles. The fraction of sp³-hybridized carbons (Fsp3) is 0.364. The molecule has 0 radical (unpaired) electrons. The molecule has 1 amide bonds. The molecule has 148 valence electrons. The van der Waals surface area contributed by atoms with E-state index in [9.17, 15) is 14.0 Å². The number of hydrogen-bond acceptors (Lipinski definition) is 4. The Morgan fingerprint density at radius 1 is 1.14 bits per heavy atom. The van der Waals surface area contributed by atoms with Crippen LogP contribution < -0.4 is 9.64 Å². The highest BCUT2D eigenvalue weighted by Crippen LogP contribution is 2.24. The van der Waals surface area contributed by atoms with E-state index < -0.39 is 5.82 Å². The predicted octanol–water partition coefficient (Wildman–Crippen LogP) is 4.00. The molecule has 1 fully saturated rings. The summed E-state index contributed by atoms with van der Waals surface area (Å²) in [6, 6.07) is 11.5. The highest BCUT2D eigenvalue weighted by Gasteiger charge is 2.23. The maximum atomic E-state index is 14.0. The fourth-order valence-electron chi connectivity index (χ4n) is 3.15.